The van der Waals surface area contributed by atoms with Crippen LogP contribution >= 0.6 is 0 Å². The first-order chi connectivity index (χ1) is 8.72. The summed E-state index contributed by atoms with van der Waals surface area (Å²) in [5.74, 6) is 0. The van der Waals surface area contributed by atoms with Crippen LogP contribution in [0.2, 0.25) is 0 Å². The van der Waals surface area contributed by atoms with Crippen LogP contribution in [-0.4, -0.2) is 19.3 Å². The summed E-state index contributed by atoms with van der Waals surface area (Å²) < 4.78 is 5.47. The minimum atomic E-state index is 0.277. The van der Waals surface area contributed by atoms with Crippen LogP contribution in [0.5, 0.6) is 0 Å². The van der Waals surface area contributed by atoms with Gasteiger partial charge in [0.15, 0.2) is 0 Å². The molecule has 0 amide bonds. The standard InChI is InChI=1S/C16H29NO/c1-14-8-7-11-16(18-2)10-6-4-3-5-9-15(17)13-12-14/h6,8,10,15-16H,3-5,7,9,11-13,17H2,1-2H3/b10-6+,14-8-. The lowest BCUT2D eigenvalue weighted by Crippen LogP contribution is -2.19. The van der Waals surface area contributed by atoms with E-state index < -0.39 is 0 Å². The van der Waals surface area contributed by atoms with E-state index in [-0.39, 0.29) is 6.10 Å². The molecule has 0 saturated heterocycles. The number of hydrogen-bond acceptors (Lipinski definition) is 2. The van der Waals surface area contributed by atoms with E-state index in [1.165, 1.54) is 18.4 Å². The number of hydrogen-bond donors (Lipinski definition) is 1. The summed E-state index contributed by atoms with van der Waals surface area (Å²) in [6, 6.07) is 0.381. The van der Waals surface area contributed by atoms with Gasteiger partial charge in [-0.2, -0.15) is 0 Å². The Labute approximate surface area is 112 Å². The molecule has 104 valence electrons. The van der Waals surface area contributed by atoms with E-state index in [0.717, 1.165) is 38.5 Å². The van der Waals surface area contributed by atoms with Gasteiger partial charge in [-0.05, 0) is 51.9 Å². The van der Waals surface area contributed by atoms with Crippen LogP contribution < -0.4 is 5.73 Å². The molecule has 1 aliphatic rings. The van der Waals surface area contributed by atoms with Gasteiger partial charge in [-0.15, -0.1) is 0 Å². The molecule has 0 radical (unpaired) electrons. The van der Waals surface area contributed by atoms with E-state index in [2.05, 4.69) is 25.2 Å². The van der Waals surface area contributed by atoms with Gasteiger partial charge in [0.25, 0.3) is 0 Å². The predicted molar refractivity (Wildman–Crippen MR) is 78.6 cm³/mol. The summed E-state index contributed by atoms with van der Waals surface area (Å²) in [4.78, 5) is 0. The molecule has 0 bridgehead atoms. The van der Waals surface area contributed by atoms with Gasteiger partial charge in [0.05, 0.1) is 6.10 Å². The van der Waals surface area contributed by atoms with Crippen molar-refractivity contribution in [3.05, 3.63) is 23.8 Å². The third kappa shape index (κ3) is 6.97. The van der Waals surface area contributed by atoms with Crippen molar-refractivity contribution in [3.63, 3.8) is 0 Å². The molecule has 1 aliphatic carbocycles. The number of methoxy groups -OCH3 is 1. The predicted octanol–water partition coefficient (Wildman–Crippen LogP) is 3.97. The molecule has 2 nitrogen and oxygen atoms in total. The van der Waals surface area contributed by atoms with Crippen molar-refractivity contribution in [3.8, 4) is 0 Å². The second-order valence-electron chi connectivity index (χ2n) is 5.41. The van der Waals surface area contributed by atoms with Crippen molar-refractivity contribution >= 4 is 0 Å². The van der Waals surface area contributed by atoms with Crippen LogP contribution in [-0.2, 0) is 4.74 Å². The van der Waals surface area contributed by atoms with Crippen molar-refractivity contribution in [1.29, 1.82) is 0 Å². The number of ether oxygens (including phenoxy) is 1. The van der Waals surface area contributed by atoms with E-state index in [0.29, 0.717) is 6.04 Å². The van der Waals surface area contributed by atoms with E-state index in [4.69, 9.17) is 10.5 Å². The van der Waals surface area contributed by atoms with Gasteiger partial charge in [-0.3, -0.25) is 0 Å². The molecule has 0 heterocycles. The van der Waals surface area contributed by atoms with Crippen LogP contribution in [0.3, 0.4) is 0 Å². The molecule has 0 aromatic rings. The molecule has 0 aliphatic heterocycles. The van der Waals surface area contributed by atoms with Gasteiger partial charge in [-0.1, -0.05) is 30.2 Å². The lowest BCUT2D eigenvalue weighted by atomic mass is 10.00. The monoisotopic (exact) mass is 251 g/mol. The zero-order valence-corrected chi connectivity index (χ0v) is 12.0. The van der Waals surface area contributed by atoms with Gasteiger partial charge in [0.2, 0.25) is 0 Å². The van der Waals surface area contributed by atoms with E-state index in [1.807, 2.05) is 0 Å². The summed E-state index contributed by atoms with van der Waals surface area (Å²) in [7, 11) is 1.80. The fourth-order valence-electron chi connectivity index (χ4n) is 2.36. The quantitative estimate of drug-likeness (QED) is 0.716. The fraction of sp³-hybridized carbons (Fsp3) is 0.750. The third-order valence-electron chi connectivity index (χ3n) is 3.70. The molecule has 0 aromatic heterocycles. The number of allylic oxidation sites excluding steroid dienone is 3. The highest BCUT2D eigenvalue weighted by molar-refractivity contribution is 5.00. The molecular formula is C16H29NO. The Hall–Kier alpha value is -0.600. The Kier molecular flexibility index (Phi) is 8.03. The maximum atomic E-state index is 6.13. The highest BCUT2D eigenvalue weighted by Crippen LogP contribution is 2.14. The Bertz CT molecular complexity index is 270. The third-order valence-corrected chi connectivity index (χ3v) is 3.70. The molecule has 0 saturated carbocycles. The van der Waals surface area contributed by atoms with Crippen molar-refractivity contribution in [2.24, 2.45) is 5.73 Å². The summed E-state index contributed by atoms with van der Waals surface area (Å²) in [5, 5.41) is 0. The average molecular weight is 251 g/mol. The summed E-state index contributed by atoms with van der Waals surface area (Å²) in [6.07, 6.45) is 16.4. The minimum absolute atomic E-state index is 0.277. The van der Waals surface area contributed by atoms with Crippen LogP contribution in [0.4, 0.5) is 0 Å². The van der Waals surface area contributed by atoms with Crippen LogP contribution in [0.25, 0.3) is 0 Å². The highest BCUT2D eigenvalue weighted by atomic mass is 16.5. The molecule has 2 atom stereocenters. The zero-order chi connectivity index (χ0) is 13.2. The van der Waals surface area contributed by atoms with Crippen molar-refractivity contribution in [1.82, 2.24) is 0 Å². The van der Waals surface area contributed by atoms with Crippen molar-refractivity contribution in [2.45, 2.75) is 70.4 Å². The first-order valence-electron chi connectivity index (χ1n) is 7.33. The Morgan fingerprint density at radius 3 is 2.78 bits per heavy atom. The average Bonchev–Trinajstić information content (AvgIpc) is 2.37. The van der Waals surface area contributed by atoms with Crippen molar-refractivity contribution < 1.29 is 4.74 Å². The van der Waals surface area contributed by atoms with Crippen LogP contribution in [0, 0.1) is 0 Å². The van der Waals surface area contributed by atoms with Crippen LogP contribution in [0.15, 0.2) is 23.8 Å². The second kappa shape index (κ2) is 9.35. The number of nitrogens with two attached hydrogens (primary N) is 1. The van der Waals surface area contributed by atoms with E-state index in [9.17, 15) is 0 Å². The van der Waals surface area contributed by atoms with Gasteiger partial charge < -0.3 is 10.5 Å². The molecule has 18 heavy (non-hydrogen) atoms. The molecule has 2 N–H and O–H groups in total. The van der Waals surface area contributed by atoms with Gasteiger partial charge in [0, 0.05) is 13.2 Å². The smallest absolute Gasteiger partial charge is 0.0755 e. The van der Waals surface area contributed by atoms with Crippen molar-refractivity contribution in [2.75, 3.05) is 7.11 Å². The second-order valence-corrected chi connectivity index (χ2v) is 5.41. The molecule has 0 aromatic carbocycles. The van der Waals surface area contributed by atoms with Gasteiger partial charge in [-0.25, -0.2) is 0 Å². The zero-order valence-electron chi connectivity index (χ0n) is 12.0. The first kappa shape index (κ1) is 15.5. The lowest BCUT2D eigenvalue weighted by molar-refractivity contribution is 0.134. The molecule has 1 rings (SSSR count). The SMILES string of the molecule is COC1/C=C/CCCCC(N)CC/C(C)=C\CC1. The normalized spacial score (nSPS) is 33.2. The largest absolute Gasteiger partial charge is 0.377 e. The molecule has 0 fully saturated rings. The maximum absolute atomic E-state index is 6.13. The molecule has 2 unspecified atom stereocenters. The minimum Gasteiger partial charge on any atom is -0.377 e. The van der Waals surface area contributed by atoms with E-state index >= 15 is 0 Å². The maximum Gasteiger partial charge on any atom is 0.0755 e. The molecule has 2 heteroatoms. The van der Waals surface area contributed by atoms with Gasteiger partial charge in [0.1, 0.15) is 0 Å². The van der Waals surface area contributed by atoms with Gasteiger partial charge >= 0.3 is 0 Å². The Morgan fingerprint density at radius 1 is 1.17 bits per heavy atom. The fourth-order valence-corrected chi connectivity index (χ4v) is 2.36. The molecule has 0 spiro atoms. The van der Waals surface area contributed by atoms with Crippen LogP contribution in [0.1, 0.15) is 58.3 Å². The number of rotatable bonds is 1. The lowest BCUT2D eigenvalue weighted by Gasteiger charge is -2.13. The Morgan fingerprint density at radius 2 is 2.00 bits per heavy atom. The Balaban J connectivity index is 2.50. The molecular weight excluding hydrogens is 222 g/mol. The summed E-state index contributed by atoms with van der Waals surface area (Å²) in [5.41, 5.74) is 7.60. The summed E-state index contributed by atoms with van der Waals surface area (Å²) in [6.45, 7) is 2.22. The summed E-state index contributed by atoms with van der Waals surface area (Å²) >= 11 is 0. The first-order valence-corrected chi connectivity index (χ1v) is 7.33. The van der Waals surface area contributed by atoms with E-state index in [1.54, 1.807) is 7.11 Å². The topological polar surface area (TPSA) is 35.2 Å². The highest BCUT2D eigenvalue weighted by Gasteiger charge is 2.05.